The zero-order valence-electron chi connectivity index (χ0n) is 15.7. The summed E-state index contributed by atoms with van der Waals surface area (Å²) >= 11 is 0. The van der Waals surface area contributed by atoms with Crippen LogP contribution in [0, 0.1) is 0 Å². The molecular weight excluding hydrogens is 368 g/mol. The van der Waals surface area contributed by atoms with E-state index in [1.165, 1.54) is 6.08 Å². The second-order valence-electron chi connectivity index (χ2n) is 6.81. The van der Waals surface area contributed by atoms with Gasteiger partial charge in [0.2, 0.25) is 5.91 Å². The summed E-state index contributed by atoms with van der Waals surface area (Å²) in [5.41, 5.74) is 3.19. The number of carboxylic acids is 1. The van der Waals surface area contributed by atoms with Crippen LogP contribution < -0.4 is 0 Å². The molecule has 0 atom stereocenters. The van der Waals surface area contributed by atoms with Crippen LogP contribution in [0.1, 0.15) is 33.0 Å². The summed E-state index contributed by atoms with van der Waals surface area (Å²) in [5, 5.41) is 13.9. The van der Waals surface area contributed by atoms with Crippen molar-refractivity contribution < 1.29 is 14.7 Å². The third-order valence-electron chi connectivity index (χ3n) is 4.90. The van der Waals surface area contributed by atoms with Gasteiger partial charge in [-0.1, -0.05) is 36.4 Å². The summed E-state index contributed by atoms with van der Waals surface area (Å²) in [6.45, 7) is 1.15. The lowest BCUT2D eigenvalue weighted by atomic mass is 10.0. The van der Waals surface area contributed by atoms with E-state index in [0.717, 1.165) is 17.0 Å². The standard InChI is InChI=1S/C22H20N4O3/c27-20(10-9-16-6-2-1-3-7-16)25-13-11-19-18(15-25)21(22(28)29)24-26(19)14-17-8-4-5-12-23-17/h1-10,12H,11,13-15H2,(H,28,29)/b10-9+. The van der Waals surface area contributed by atoms with Crippen molar-refractivity contribution in [3.63, 3.8) is 0 Å². The molecular formula is C22H20N4O3. The largest absolute Gasteiger partial charge is 0.476 e. The predicted octanol–water partition coefficient (Wildman–Crippen LogP) is 2.62. The van der Waals surface area contributed by atoms with Gasteiger partial charge in [-0.3, -0.25) is 14.5 Å². The summed E-state index contributed by atoms with van der Waals surface area (Å²) in [4.78, 5) is 30.3. The van der Waals surface area contributed by atoms with Crippen LogP contribution in [-0.2, 0) is 24.3 Å². The van der Waals surface area contributed by atoms with Gasteiger partial charge < -0.3 is 10.0 Å². The lowest BCUT2D eigenvalue weighted by Crippen LogP contribution is -2.35. The third kappa shape index (κ3) is 4.08. The smallest absolute Gasteiger partial charge is 0.356 e. The molecule has 3 heterocycles. The number of carboxylic acid groups (broad SMARTS) is 1. The summed E-state index contributed by atoms with van der Waals surface area (Å²) in [7, 11) is 0. The van der Waals surface area contributed by atoms with E-state index in [-0.39, 0.29) is 18.1 Å². The second-order valence-corrected chi connectivity index (χ2v) is 6.81. The number of benzene rings is 1. The quantitative estimate of drug-likeness (QED) is 0.679. The van der Waals surface area contributed by atoms with E-state index in [2.05, 4.69) is 10.1 Å². The Balaban J connectivity index is 1.56. The van der Waals surface area contributed by atoms with Crippen LogP contribution in [0.15, 0.2) is 60.8 Å². The molecule has 0 spiro atoms. The molecule has 7 heteroatoms. The van der Waals surface area contributed by atoms with E-state index in [1.54, 1.807) is 21.9 Å². The van der Waals surface area contributed by atoms with Gasteiger partial charge in [0.25, 0.3) is 0 Å². The maximum Gasteiger partial charge on any atom is 0.356 e. The van der Waals surface area contributed by atoms with Gasteiger partial charge in [0.15, 0.2) is 5.69 Å². The average Bonchev–Trinajstić information content (AvgIpc) is 3.11. The number of nitrogens with zero attached hydrogens (tertiary/aromatic N) is 4. The Morgan fingerprint density at radius 3 is 2.62 bits per heavy atom. The van der Waals surface area contributed by atoms with Crippen LogP contribution in [0.25, 0.3) is 6.08 Å². The number of amides is 1. The number of fused-ring (bicyclic) bond motifs is 1. The Morgan fingerprint density at radius 1 is 1.10 bits per heavy atom. The van der Waals surface area contributed by atoms with Gasteiger partial charge in [-0.05, 0) is 23.8 Å². The highest BCUT2D eigenvalue weighted by Crippen LogP contribution is 2.24. The van der Waals surface area contributed by atoms with Crippen molar-refractivity contribution in [2.45, 2.75) is 19.5 Å². The van der Waals surface area contributed by atoms with Gasteiger partial charge in [-0.15, -0.1) is 0 Å². The normalized spacial score (nSPS) is 13.4. The van der Waals surface area contributed by atoms with Crippen LogP contribution in [0.5, 0.6) is 0 Å². The summed E-state index contributed by atoms with van der Waals surface area (Å²) in [6, 6.07) is 15.2. The molecule has 1 aromatic carbocycles. The number of pyridine rings is 1. The Morgan fingerprint density at radius 2 is 1.90 bits per heavy atom. The Bertz CT molecular complexity index is 1060. The third-order valence-corrected chi connectivity index (χ3v) is 4.90. The Hall–Kier alpha value is -3.74. The van der Waals surface area contributed by atoms with Crippen molar-refractivity contribution in [1.82, 2.24) is 19.7 Å². The molecule has 1 aliphatic heterocycles. The topological polar surface area (TPSA) is 88.3 Å². The molecule has 0 radical (unpaired) electrons. The monoisotopic (exact) mass is 388 g/mol. The fourth-order valence-corrected chi connectivity index (χ4v) is 3.46. The number of hydrogen-bond acceptors (Lipinski definition) is 4. The minimum atomic E-state index is -1.09. The highest BCUT2D eigenvalue weighted by Gasteiger charge is 2.29. The van der Waals surface area contributed by atoms with Crippen LogP contribution in [-0.4, -0.2) is 43.2 Å². The molecule has 0 saturated carbocycles. The molecule has 0 unspecified atom stereocenters. The van der Waals surface area contributed by atoms with Crippen LogP contribution >= 0.6 is 0 Å². The molecule has 1 N–H and O–H groups in total. The van der Waals surface area contributed by atoms with Crippen molar-refractivity contribution in [2.75, 3.05) is 6.54 Å². The molecule has 0 aliphatic carbocycles. The lowest BCUT2D eigenvalue weighted by molar-refractivity contribution is -0.126. The highest BCUT2D eigenvalue weighted by atomic mass is 16.4. The Kier molecular flexibility index (Phi) is 5.20. The maximum absolute atomic E-state index is 12.6. The van der Waals surface area contributed by atoms with Crippen LogP contribution in [0.3, 0.4) is 0 Å². The average molecular weight is 388 g/mol. The number of aromatic nitrogens is 3. The minimum absolute atomic E-state index is 0.000435. The second kappa shape index (κ2) is 8.10. The van der Waals surface area contributed by atoms with E-state index in [0.29, 0.717) is 25.1 Å². The number of aromatic carboxylic acids is 1. The molecule has 4 rings (SSSR count). The van der Waals surface area contributed by atoms with Crippen molar-refractivity contribution in [3.8, 4) is 0 Å². The highest BCUT2D eigenvalue weighted by molar-refractivity contribution is 5.92. The van der Waals surface area contributed by atoms with Crippen LogP contribution in [0.4, 0.5) is 0 Å². The molecule has 1 amide bonds. The lowest BCUT2D eigenvalue weighted by Gasteiger charge is -2.26. The minimum Gasteiger partial charge on any atom is -0.476 e. The SMILES string of the molecule is O=C(O)c1nn(Cc2ccccn2)c2c1CN(C(=O)/C=C/c1ccccc1)CC2. The predicted molar refractivity (Wildman–Crippen MR) is 107 cm³/mol. The van der Waals surface area contributed by atoms with Gasteiger partial charge in [-0.2, -0.15) is 5.10 Å². The van der Waals surface area contributed by atoms with Gasteiger partial charge in [0, 0.05) is 36.5 Å². The zero-order valence-corrected chi connectivity index (χ0v) is 15.7. The summed E-state index contributed by atoms with van der Waals surface area (Å²) in [6.07, 6.45) is 5.54. The maximum atomic E-state index is 12.6. The van der Waals surface area contributed by atoms with Crippen LogP contribution in [0.2, 0.25) is 0 Å². The molecule has 0 bridgehead atoms. The fourth-order valence-electron chi connectivity index (χ4n) is 3.46. The molecule has 2 aromatic heterocycles. The molecule has 0 fully saturated rings. The Labute approximate surface area is 167 Å². The number of hydrogen-bond donors (Lipinski definition) is 1. The fraction of sp³-hybridized carbons (Fsp3) is 0.182. The number of carbonyl (C=O) groups excluding carboxylic acids is 1. The first kappa shape index (κ1) is 18.6. The van der Waals surface area contributed by atoms with E-state index < -0.39 is 5.97 Å². The first-order valence-electron chi connectivity index (χ1n) is 9.35. The first-order chi connectivity index (χ1) is 14.1. The van der Waals surface area contributed by atoms with Crippen molar-refractivity contribution >= 4 is 18.0 Å². The van der Waals surface area contributed by atoms with E-state index in [9.17, 15) is 14.7 Å². The molecule has 1 aliphatic rings. The summed E-state index contributed by atoms with van der Waals surface area (Å²) < 4.78 is 1.70. The van der Waals surface area contributed by atoms with Crippen molar-refractivity contribution in [1.29, 1.82) is 0 Å². The van der Waals surface area contributed by atoms with Crippen molar-refractivity contribution in [2.24, 2.45) is 0 Å². The van der Waals surface area contributed by atoms with Gasteiger partial charge in [0.05, 0.1) is 18.8 Å². The number of rotatable bonds is 5. The van der Waals surface area contributed by atoms with E-state index in [4.69, 9.17) is 0 Å². The molecule has 29 heavy (non-hydrogen) atoms. The molecule has 0 saturated heterocycles. The van der Waals surface area contributed by atoms with Gasteiger partial charge >= 0.3 is 5.97 Å². The van der Waals surface area contributed by atoms with E-state index >= 15 is 0 Å². The van der Waals surface area contributed by atoms with E-state index in [1.807, 2.05) is 48.5 Å². The zero-order chi connectivity index (χ0) is 20.2. The molecule has 146 valence electrons. The van der Waals surface area contributed by atoms with Gasteiger partial charge in [-0.25, -0.2) is 4.79 Å². The summed E-state index contributed by atoms with van der Waals surface area (Å²) in [5.74, 6) is -1.23. The first-order valence-corrected chi connectivity index (χ1v) is 9.35. The van der Waals surface area contributed by atoms with Crippen molar-refractivity contribution in [3.05, 3.63) is 89.0 Å². The van der Waals surface area contributed by atoms with Gasteiger partial charge in [0.1, 0.15) is 0 Å². The molecule has 3 aromatic rings. The number of carbonyl (C=O) groups is 2. The molecule has 7 nitrogen and oxygen atoms in total.